The van der Waals surface area contributed by atoms with E-state index in [1.807, 2.05) is 59.4 Å². The molecule has 0 saturated carbocycles. The maximum absolute atomic E-state index is 13.3. The van der Waals surface area contributed by atoms with E-state index in [1.165, 1.54) is 28.0 Å². The van der Waals surface area contributed by atoms with E-state index < -0.39 is 0 Å². The highest BCUT2D eigenvalue weighted by atomic mass is 32.1. The fourth-order valence-corrected chi connectivity index (χ4v) is 5.48. The van der Waals surface area contributed by atoms with Crippen LogP contribution >= 0.6 is 11.3 Å². The van der Waals surface area contributed by atoms with Gasteiger partial charge in [0.25, 0.3) is 5.56 Å². The minimum atomic E-state index is -0.296. The third-order valence-corrected chi connectivity index (χ3v) is 7.53. The lowest BCUT2D eigenvalue weighted by molar-refractivity contribution is 0.628. The lowest BCUT2D eigenvalue weighted by Crippen LogP contribution is -2.23. The molecule has 0 atom stereocenters. The van der Waals surface area contributed by atoms with Crippen LogP contribution in [0.3, 0.4) is 0 Å². The van der Waals surface area contributed by atoms with Gasteiger partial charge in [-0.1, -0.05) is 84.1 Å². The average molecular weight is 542 g/mol. The van der Waals surface area contributed by atoms with Gasteiger partial charge in [-0.2, -0.15) is 14.6 Å². The third kappa shape index (κ3) is 4.50. The Hall–Kier alpha value is -5.21. The van der Waals surface area contributed by atoms with Crippen molar-refractivity contribution in [2.24, 2.45) is 0 Å². The Kier molecular flexibility index (Phi) is 5.87. The Labute approximate surface area is 231 Å². The highest BCUT2D eigenvalue weighted by molar-refractivity contribution is 7.15. The van der Waals surface area contributed by atoms with Crippen molar-refractivity contribution in [2.75, 3.05) is 0 Å². The Morgan fingerprint density at radius 1 is 0.800 bits per heavy atom. The number of aromatic nitrogens is 5. The molecule has 0 N–H and O–H groups in total. The quantitative estimate of drug-likeness (QED) is 0.268. The molecule has 7 aromatic rings. The molecule has 3 aromatic heterocycles. The molecule has 0 radical (unpaired) electrons. The number of hydrogen-bond donors (Lipinski definition) is 0. The Bertz CT molecular complexity index is 2140. The molecule has 0 aliphatic heterocycles. The van der Waals surface area contributed by atoms with Gasteiger partial charge >= 0.3 is 0 Å². The number of thiazole rings is 1. The van der Waals surface area contributed by atoms with E-state index in [0.29, 0.717) is 15.3 Å². The predicted octanol–water partition coefficient (Wildman–Crippen LogP) is 6.01. The molecule has 0 bridgehead atoms. The summed E-state index contributed by atoms with van der Waals surface area (Å²) in [5.74, 6) is 0.114. The average Bonchev–Trinajstić information content (AvgIpc) is 3.67. The molecule has 40 heavy (non-hydrogen) atoms. The summed E-state index contributed by atoms with van der Waals surface area (Å²) in [5, 5.41) is 11.6. The molecular formula is C32H20FN5OS. The van der Waals surface area contributed by atoms with Gasteiger partial charge in [0, 0.05) is 17.3 Å². The van der Waals surface area contributed by atoms with Crippen molar-refractivity contribution in [3.8, 4) is 16.9 Å². The molecule has 6 nitrogen and oxygen atoms in total. The standard InChI is InChI=1S/C32H20FN5OS/c33-26-15-10-21(11-16-26)12-17-29-34-32-38(35-29)31(39)28(40-32)19-25-20-37(27-8-2-1-3-9-27)36-30(25)24-14-13-22-6-4-5-7-23(22)18-24/h1-20H/b17-12+,28-19-. The fraction of sp³-hybridized carbons (Fsp3) is 0. The maximum Gasteiger partial charge on any atom is 0.291 e. The summed E-state index contributed by atoms with van der Waals surface area (Å²) in [6, 6.07) is 30.4. The molecule has 0 aliphatic rings. The van der Waals surface area contributed by atoms with E-state index in [2.05, 4.69) is 40.4 Å². The molecule has 4 aromatic carbocycles. The van der Waals surface area contributed by atoms with Crippen molar-refractivity contribution in [3.05, 3.63) is 141 Å². The first-order valence-electron chi connectivity index (χ1n) is 12.6. The van der Waals surface area contributed by atoms with Gasteiger partial charge in [-0.05, 0) is 58.8 Å². The number of benzene rings is 4. The number of rotatable bonds is 5. The third-order valence-electron chi connectivity index (χ3n) is 6.57. The number of fused-ring (bicyclic) bond motifs is 2. The minimum Gasteiger partial charge on any atom is -0.266 e. The van der Waals surface area contributed by atoms with E-state index in [4.69, 9.17) is 5.10 Å². The number of para-hydroxylation sites is 1. The molecule has 7 rings (SSSR count). The molecule has 0 saturated heterocycles. The fourth-order valence-electron chi connectivity index (χ4n) is 4.57. The summed E-state index contributed by atoms with van der Waals surface area (Å²) in [4.78, 5) is 18.3. The number of hydrogen-bond acceptors (Lipinski definition) is 5. The van der Waals surface area contributed by atoms with Crippen molar-refractivity contribution in [1.82, 2.24) is 24.4 Å². The monoisotopic (exact) mass is 541 g/mol. The van der Waals surface area contributed by atoms with Crippen molar-refractivity contribution in [3.63, 3.8) is 0 Å². The lowest BCUT2D eigenvalue weighted by atomic mass is 10.0. The van der Waals surface area contributed by atoms with E-state index in [-0.39, 0.29) is 11.4 Å². The summed E-state index contributed by atoms with van der Waals surface area (Å²) in [6.07, 6.45) is 7.28. The second-order valence-electron chi connectivity index (χ2n) is 9.24. The van der Waals surface area contributed by atoms with Crippen molar-refractivity contribution in [2.45, 2.75) is 0 Å². The number of halogens is 1. The molecule has 0 aliphatic carbocycles. The van der Waals surface area contributed by atoms with Crippen molar-refractivity contribution < 1.29 is 4.39 Å². The molecule has 0 fully saturated rings. The first-order chi connectivity index (χ1) is 19.6. The second-order valence-corrected chi connectivity index (χ2v) is 10.2. The van der Waals surface area contributed by atoms with E-state index in [9.17, 15) is 9.18 Å². The predicted molar refractivity (Wildman–Crippen MR) is 158 cm³/mol. The molecule has 8 heteroatoms. The first kappa shape index (κ1) is 23.9. The minimum absolute atomic E-state index is 0.245. The zero-order chi connectivity index (χ0) is 27.1. The van der Waals surface area contributed by atoms with E-state index in [1.54, 1.807) is 24.3 Å². The number of nitrogens with zero attached hydrogens (tertiary/aromatic N) is 5. The van der Waals surface area contributed by atoms with Crippen LogP contribution in [0.4, 0.5) is 4.39 Å². The van der Waals surface area contributed by atoms with Gasteiger partial charge < -0.3 is 0 Å². The summed E-state index contributed by atoms with van der Waals surface area (Å²) in [7, 11) is 0. The van der Waals surface area contributed by atoms with Gasteiger partial charge in [-0.25, -0.2) is 9.07 Å². The Balaban J connectivity index is 1.31. The zero-order valence-corrected chi connectivity index (χ0v) is 21.8. The molecule has 3 heterocycles. The van der Waals surface area contributed by atoms with Crippen LogP contribution in [0.1, 0.15) is 17.0 Å². The molecule has 0 amide bonds. The van der Waals surface area contributed by atoms with Crippen LogP contribution in [0.15, 0.2) is 108 Å². The van der Waals surface area contributed by atoms with Crippen LogP contribution in [0.5, 0.6) is 0 Å². The smallest absolute Gasteiger partial charge is 0.266 e. The van der Waals surface area contributed by atoms with Gasteiger partial charge in [-0.3, -0.25) is 4.79 Å². The van der Waals surface area contributed by atoms with Crippen molar-refractivity contribution >= 4 is 45.3 Å². The first-order valence-corrected chi connectivity index (χ1v) is 13.4. The lowest BCUT2D eigenvalue weighted by Gasteiger charge is -2.03. The SMILES string of the molecule is O=c1/c(=C/c2cn(-c3ccccc3)nc2-c2ccc3ccccc3c2)sc2nc(/C=C/c3ccc(F)cc3)nn12. The van der Waals surface area contributed by atoms with E-state index in [0.717, 1.165) is 38.8 Å². The van der Waals surface area contributed by atoms with Gasteiger partial charge in [-0.15, -0.1) is 5.10 Å². The summed E-state index contributed by atoms with van der Waals surface area (Å²) in [6.45, 7) is 0. The van der Waals surface area contributed by atoms with Gasteiger partial charge in [0.05, 0.1) is 10.2 Å². The van der Waals surface area contributed by atoms with Gasteiger partial charge in [0.1, 0.15) is 11.5 Å². The van der Waals surface area contributed by atoms with Crippen molar-refractivity contribution in [1.29, 1.82) is 0 Å². The van der Waals surface area contributed by atoms with Gasteiger partial charge in [0.15, 0.2) is 5.82 Å². The van der Waals surface area contributed by atoms with Crippen LogP contribution in [-0.2, 0) is 0 Å². The largest absolute Gasteiger partial charge is 0.291 e. The highest BCUT2D eigenvalue weighted by Gasteiger charge is 2.14. The van der Waals surface area contributed by atoms with Gasteiger partial charge in [0.2, 0.25) is 4.96 Å². The maximum atomic E-state index is 13.3. The summed E-state index contributed by atoms with van der Waals surface area (Å²) >= 11 is 1.28. The second kappa shape index (κ2) is 9.83. The van der Waals surface area contributed by atoms with E-state index >= 15 is 0 Å². The Morgan fingerprint density at radius 2 is 1.57 bits per heavy atom. The zero-order valence-electron chi connectivity index (χ0n) is 21.0. The molecule has 0 unspecified atom stereocenters. The normalized spacial score (nSPS) is 12.3. The summed E-state index contributed by atoms with van der Waals surface area (Å²) < 4.78 is 16.8. The Morgan fingerprint density at radius 3 is 2.38 bits per heavy atom. The highest BCUT2D eigenvalue weighted by Crippen LogP contribution is 2.28. The molecule has 192 valence electrons. The van der Waals surface area contributed by atoms with Crippen LogP contribution in [0, 0.1) is 5.82 Å². The van der Waals surface area contributed by atoms with Crippen LogP contribution in [-0.4, -0.2) is 24.4 Å². The van der Waals surface area contributed by atoms with Crippen LogP contribution in [0.2, 0.25) is 0 Å². The molecule has 0 spiro atoms. The van der Waals surface area contributed by atoms with Crippen LogP contribution < -0.4 is 10.1 Å². The topological polar surface area (TPSA) is 65.1 Å². The molecular weight excluding hydrogens is 521 g/mol. The van der Waals surface area contributed by atoms with Crippen LogP contribution in [0.25, 0.3) is 50.9 Å². The summed E-state index contributed by atoms with van der Waals surface area (Å²) in [5.41, 5.74) is 4.04.